The Balaban J connectivity index is 1.82. The third-order valence-corrected chi connectivity index (χ3v) is 3.85. The topological polar surface area (TPSA) is 41.9 Å². The maximum atomic E-state index is 10.4. The first-order valence-corrected chi connectivity index (χ1v) is 8.26. The molecule has 4 heteroatoms. The lowest BCUT2D eigenvalue weighted by Crippen LogP contribution is -2.45. The number of hydrogen-bond acceptors (Lipinski definition) is 4. The van der Waals surface area contributed by atoms with Crippen molar-refractivity contribution >= 4 is 0 Å². The molecule has 4 nitrogen and oxygen atoms in total. The van der Waals surface area contributed by atoms with Crippen LogP contribution in [0.2, 0.25) is 0 Å². The molecule has 1 heterocycles. The number of morpholine rings is 1. The highest BCUT2D eigenvalue weighted by atomic mass is 16.5. The van der Waals surface area contributed by atoms with Crippen molar-refractivity contribution in [3.63, 3.8) is 0 Å². The highest BCUT2D eigenvalue weighted by Gasteiger charge is 2.22. The summed E-state index contributed by atoms with van der Waals surface area (Å²) in [5, 5.41) is 10.4. The summed E-state index contributed by atoms with van der Waals surface area (Å²) < 4.78 is 11.4. The Morgan fingerprint density at radius 3 is 2.32 bits per heavy atom. The van der Waals surface area contributed by atoms with Crippen molar-refractivity contribution in [3.8, 4) is 5.75 Å². The lowest BCUT2D eigenvalue weighted by atomic mass is 10.1. The molecule has 0 radical (unpaired) electrons. The quantitative estimate of drug-likeness (QED) is 0.877. The van der Waals surface area contributed by atoms with Gasteiger partial charge < -0.3 is 14.6 Å². The molecule has 0 aromatic heterocycles. The van der Waals surface area contributed by atoms with Crippen molar-refractivity contribution in [3.05, 3.63) is 29.8 Å². The minimum absolute atomic E-state index is 0.168. The highest BCUT2D eigenvalue weighted by molar-refractivity contribution is 5.28. The maximum absolute atomic E-state index is 10.4. The van der Waals surface area contributed by atoms with Gasteiger partial charge in [0.15, 0.2) is 0 Å². The minimum Gasteiger partial charge on any atom is -0.491 e. The molecule has 3 unspecified atom stereocenters. The third kappa shape index (κ3) is 5.27. The minimum atomic E-state index is -0.429. The van der Waals surface area contributed by atoms with Gasteiger partial charge in [-0.15, -0.1) is 0 Å². The largest absolute Gasteiger partial charge is 0.491 e. The Hall–Kier alpha value is -1.10. The number of rotatable bonds is 6. The second-order valence-electron chi connectivity index (χ2n) is 6.56. The van der Waals surface area contributed by atoms with E-state index in [1.165, 1.54) is 0 Å². The van der Waals surface area contributed by atoms with Gasteiger partial charge in [-0.2, -0.15) is 0 Å². The predicted molar refractivity (Wildman–Crippen MR) is 88.2 cm³/mol. The van der Waals surface area contributed by atoms with E-state index < -0.39 is 6.10 Å². The molecule has 0 spiro atoms. The Bertz CT molecular complexity index is 436. The van der Waals surface area contributed by atoms with Crippen LogP contribution in [0.25, 0.3) is 0 Å². The lowest BCUT2D eigenvalue weighted by Gasteiger charge is -2.35. The number of ether oxygens (including phenoxy) is 2. The van der Waals surface area contributed by atoms with E-state index in [4.69, 9.17) is 9.47 Å². The smallest absolute Gasteiger partial charge is 0.119 e. The summed E-state index contributed by atoms with van der Waals surface area (Å²) >= 11 is 0. The number of benzene rings is 1. The standard InChI is InChI=1S/C18H29NO3/c1-13(2)21-17-7-5-16(6-8-17)18(20)9-10-19-11-14(3)22-15(4)12-19/h5-8,13-15,18,20H,9-12H2,1-4H3. The molecule has 2 rings (SSSR count). The van der Waals surface area contributed by atoms with E-state index in [1.807, 2.05) is 38.1 Å². The van der Waals surface area contributed by atoms with Crippen LogP contribution in [0, 0.1) is 0 Å². The van der Waals surface area contributed by atoms with Crippen LogP contribution < -0.4 is 4.74 Å². The molecule has 0 bridgehead atoms. The fraction of sp³-hybridized carbons (Fsp3) is 0.667. The van der Waals surface area contributed by atoms with E-state index in [-0.39, 0.29) is 18.3 Å². The normalized spacial score (nSPS) is 24.5. The fourth-order valence-corrected chi connectivity index (χ4v) is 2.98. The van der Waals surface area contributed by atoms with Gasteiger partial charge in [-0.25, -0.2) is 0 Å². The molecule has 1 aliphatic rings. The molecule has 1 aromatic carbocycles. The second-order valence-corrected chi connectivity index (χ2v) is 6.56. The zero-order valence-corrected chi connectivity index (χ0v) is 14.2. The third-order valence-electron chi connectivity index (χ3n) is 3.85. The van der Waals surface area contributed by atoms with Gasteiger partial charge >= 0.3 is 0 Å². The van der Waals surface area contributed by atoms with Gasteiger partial charge in [0.1, 0.15) is 5.75 Å². The van der Waals surface area contributed by atoms with Gasteiger partial charge in [-0.05, 0) is 51.8 Å². The Morgan fingerprint density at radius 2 is 1.77 bits per heavy atom. The monoisotopic (exact) mass is 307 g/mol. The van der Waals surface area contributed by atoms with Crippen molar-refractivity contribution < 1.29 is 14.6 Å². The molecular formula is C18H29NO3. The zero-order chi connectivity index (χ0) is 16.1. The van der Waals surface area contributed by atoms with Crippen LogP contribution in [0.3, 0.4) is 0 Å². The van der Waals surface area contributed by atoms with Crippen molar-refractivity contribution in [2.24, 2.45) is 0 Å². The van der Waals surface area contributed by atoms with Crippen LogP contribution in [-0.4, -0.2) is 48.0 Å². The van der Waals surface area contributed by atoms with E-state index in [9.17, 15) is 5.11 Å². The van der Waals surface area contributed by atoms with Crippen molar-refractivity contribution in [1.82, 2.24) is 4.90 Å². The number of nitrogens with zero attached hydrogens (tertiary/aromatic N) is 1. The van der Waals surface area contributed by atoms with Crippen LogP contribution in [-0.2, 0) is 4.74 Å². The summed E-state index contributed by atoms with van der Waals surface area (Å²) in [5.74, 6) is 0.849. The summed E-state index contributed by atoms with van der Waals surface area (Å²) in [6, 6.07) is 7.76. The van der Waals surface area contributed by atoms with Gasteiger partial charge in [-0.3, -0.25) is 4.90 Å². The highest BCUT2D eigenvalue weighted by Crippen LogP contribution is 2.22. The molecule has 22 heavy (non-hydrogen) atoms. The van der Waals surface area contributed by atoms with Crippen LogP contribution in [0.1, 0.15) is 45.8 Å². The number of aliphatic hydroxyl groups excluding tert-OH is 1. The maximum Gasteiger partial charge on any atom is 0.119 e. The summed E-state index contributed by atoms with van der Waals surface area (Å²) in [6.07, 6.45) is 1.02. The SMILES string of the molecule is CC(C)Oc1ccc(C(O)CCN2CC(C)OC(C)C2)cc1. The fourth-order valence-electron chi connectivity index (χ4n) is 2.98. The van der Waals surface area contributed by atoms with Crippen LogP contribution in [0.5, 0.6) is 5.75 Å². The van der Waals surface area contributed by atoms with E-state index in [2.05, 4.69) is 18.7 Å². The van der Waals surface area contributed by atoms with Gasteiger partial charge in [0.2, 0.25) is 0 Å². The van der Waals surface area contributed by atoms with Crippen molar-refractivity contribution in [1.29, 1.82) is 0 Å². The van der Waals surface area contributed by atoms with Crippen molar-refractivity contribution in [2.75, 3.05) is 19.6 Å². The zero-order valence-electron chi connectivity index (χ0n) is 14.2. The van der Waals surface area contributed by atoms with Crippen LogP contribution >= 0.6 is 0 Å². The first-order valence-electron chi connectivity index (χ1n) is 8.26. The molecule has 1 aliphatic heterocycles. The van der Waals surface area contributed by atoms with Gasteiger partial charge in [-0.1, -0.05) is 12.1 Å². The van der Waals surface area contributed by atoms with Gasteiger partial charge in [0, 0.05) is 19.6 Å². The lowest BCUT2D eigenvalue weighted by molar-refractivity contribution is -0.0702. The van der Waals surface area contributed by atoms with Crippen LogP contribution in [0.15, 0.2) is 24.3 Å². The van der Waals surface area contributed by atoms with E-state index in [1.54, 1.807) is 0 Å². The van der Waals surface area contributed by atoms with E-state index in [0.29, 0.717) is 0 Å². The van der Waals surface area contributed by atoms with Gasteiger partial charge in [0.05, 0.1) is 24.4 Å². The first-order chi connectivity index (χ1) is 10.4. The van der Waals surface area contributed by atoms with Crippen LogP contribution in [0.4, 0.5) is 0 Å². The average Bonchev–Trinajstić information content (AvgIpc) is 2.44. The summed E-state index contributed by atoms with van der Waals surface area (Å²) in [7, 11) is 0. The molecule has 1 N–H and O–H groups in total. The molecule has 1 fully saturated rings. The number of hydrogen-bond donors (Lipinski definition) is 1. The molecule has 0 aliphatic carbocycles. The molecule has 1 saturated heterocycles. The second kappa shape index (κ2) is 7.95. The molecule has 0 saturated carbocycles. The Kier molecular flexibility index (Phi) is 6.24. The summed E-state index contributed by atoms with van der Waals surface area (Å²) in [4.78, 5) is 2.37. The molecule has 124 valence electrons. The molecule has 0 amide bonds. The molecule has 3 atom stereocenters. The van der Waals surface area contributed by atoms with Crippen molar-refractivity contribution in [2.45, 2.75) is 58.5 Å². The predicted octanol–water partition coefficient (Wildman–Crippen LogP) is 3.01. The summed E-state index contributed by atoms with van der Waals surface area (Å²) in [6.45, 7) is 11.0. The Labute approximate surface area is 134 Å². The number of aliphatic hydroxyl groups is 1. The molecular weight excluding hydrogens is 278 g/mol. The summed E-state index contributed by atoms with van der Waals surface area (Å²) in [5.41, 5.74) is 0.950. The molecule has 1 aromatic rings. The van der Waals surface area contributed by atoms with E-state index in [0.717, 1.165) is 37.4 Å². The Morgan fingerprint density at radius 1 is 1.18 bits per heavy atom. The van der Waals surface area contributed by atoms with E-state index >= 15 is 0 Å². The van der Waals surface area contributed by atoms with Gasteiger partial charge in [0.25, 0.3) is 0 Å². The average molecular weight is 307 g/mol. The first kappa shape index (κ1) is 17.3.